The summed E-state index contributed by atoms with van der Waals surface area (Å²) in [6.45, 7) is 2.52. The predicted molar refractivity (Wildman–Crippen MR) is 135 cm³/mol. The molecule has 11 heteroatoms. The molecule has 1 atom stereocenters. The second kappa shape index (κ2) is 12.0. The summed E-state index contributed by atoms with van der Waals surface area (Å²) in [7, 11) is 0. The lowest BCUT2D eigenvalue weighted by molar-refractivity contribution is -0.137. The highest BCUT2D eigenvalue weighted by Crippen LogP contribution is 2.32. The van der Waals surface area contributed by atoms with Gasteiger partial charge in [-0.05, 0) is 62.1 Å². The van der Waals surface area contributed by atoms with Gasteiger partial charge in [-0.3, -0.25) is 9.59 Å². The van der Waals surface area contributed by atoms with Gasteiger partial charge in [0.15, 0.2) is 0 Å². The molecule has 3 aromatic rings. The Labute approximate surface area is 223 Å². The second-order valence-corrected chi connectivity index (χ2v) is 9.66. The van der Waals surface area contributed by atoms with Crippen molar-refractivity contribution in [2.75, 3.05) is 19.6 Å². The molecule has 0 radical (unpaired) electrons. The number of halogens is 4. The Morgan fingerprint density at radius 3 is 2.61 bits per heavy atom. The van der Waals surface area contributed by atoms with Crippen molar-refractivity contribution in [3.63, 3.8) is 0 Å². The van der Waals surface area contributed by atoms with Crippen LogP contribution in [0.15, 0.2) is 53.1 Å². The van der Waals surface area contributed by atoms with Gasteiger partial charge in [0.25, 0.3) is 5.91 Å². The fourth-order valence-corrected chi connectivity index (χ4v) is 4.63. The van der Waals surface area contributed by atoms with Crippen molar-refractivity contribution in [3.05, 3.63) is 70.6 Å². The maximum Gasteiger partial charge on any atom is 0.416 e. The predicted octanol–water partition coefficient (Wildman–Crippen LogP) is 6.40. The van der Waals surface area contributed by atoms with E-state index in [4.69, 9.17) is 16.1 Å². The van der Waals surface area contributed by atoms with E-state index in [1.165, 1.54) is 4.90 Å². The normalized spacial score (nSPS) is 15.9. The monoisotopic (exact) mass is 548 g/mol. The number of amides is 2. The van der Waals surface area contributed by atoms with Gasteiger partial charge in [-0.15, -0.1) is 0 Å². The van der Waals surface area contributed by atoms with Crippen LogP contribution in [0, 0.1) is 0 Å². The van der Waals surface area contributed by atoms with Crippen LogP contribution in [0.4, 0.5) is 13.2 Å². The Kier molecular flexibility index (Phi) is 8.71. The summed E-state index contributed by atoms with van der Waals surface area (Å²) in [5, 5.41) is 4.60. The standard InChI is InChI=1S/C27H28ClF3N4O3/c1-2-3-14-34(26(37)18-10-12-20(13-11-18)27(29,30)31)17-23(36)35-15-5-4-9-22(35)25-32-24(33-38-25)19-7-6-8-21(28)16-19/h6-8,10-13,16,22H,2-5,9,14-15,17H2,1H3. The molecule has 1 aliphatic heterocycles. The first-order valence-corrected chi connectivity index (χ1v) is 12.9. The summed E-state index contributed by atoms with van der Waals surface area (Å²) < 4.78 is 44.4. The molecule has 1 fully saturated rings. The maximum atomic E-state index is 13.5. The smallest absolute Gasteiger partial charge is 0.337 e. The lowest BCUT2D eigenvalue weighted by Crippen LogP contribution is -2.46. The number of hydrogen-bond donors (Lipinski definition) is 0. The molecule has 1 unspecified atom stereocenters. The Balaban J connectivity index is 1.51. The molecule has 202 valence electrons. The van der Waals surface area contributed by atoms with Crippen LogP contribution in [0.3, 0.4) is 0 Å². The molecule has 1 aliphatic rings. The van der Waals surface area contributed by atoms with Crippen molar-refractivity contribution in [2.24, 2.45) is 0 Å². The van der Waals surface area contributed by atoms with Crippen LogP contribution in [0.2, 0.25) is 5.02 Å². The third-order valence-corrected chi connectivity index (χ3v) is 6.72. The number of alkyl halides is 3. The first-order chi connectivity index (χ1) is 18.2. The lowest BCUT2D eigenvalue weighted by atomic mass is 10.0. The third kappa shape index (κ3) is 6.53. The lowest BCUT2D eigenvalue weighted by Gasteiger charge is -2.35. The van der Waals surface area contributed by atoms with Gasteiger partial charge >= 0.3 is 6.18 Å². The molecular formula is C27H28ClF3N4O3. The summed E-state index contributed by atoms with van der Waals surface area (Å²) in [4.78, 5) is 34.2. The number of likely N-dealkylation sites (tertiary alicyclic amines) is 1. The summed E-state index contributed by atoms with van der Waals surface area (Å²) in [5.74, 6) is -0.103. The Bertz CT molecular complexity index is 1260. The number of carbonyl (C=O) groups is 2. The first kappa shape index (κ1) is 27.6. The first-order valence-electron chi connectivity index (χ1n) is 12.5. The van der Waals surface area contributed by atoms with Gasteiger partial charge in [0, 0.05) is 29.2 Å². The van der Waals surface area contributed by atoms with Gasteiger partial charge in [0.05, 0.1) is 5.56 Å². The van der Waals surface area contributed by atoms with E-state index in [2.05, 4.69) is 10.1 Å². The molecule has 0 saturated carbocycles. The minimum Gasteiger partial charge on any atom is -0.337 e. The van der Waals surface area contributed by atoms with E-state index in [0.29, 0.717) is 48.2 Å². The van der Waals surface area contributed by atoms with E-state index in [9.17, 15) is 22.8 Å². The van der Waals surface area contributed by atoms with Crippen LogP contribution in [0.25, 0.3) is 11.4 Å². The number of nitrogens with zero attached hydrogens (tertiary/aromatic N) is 4. The van der Waals surface area contributed by atoms with Crippen molar-refractivity contribution >= 4 is 23.4 Å². The third-order valence-electron chi connectivity index (χ3n) is 6.49. The minimum absolute atomic E-state index is 0.0974. The average molecular weight is 549 g/mol. The highest BCUT2D eigenvalue weighted by molar-refractivity contribution is 6.30. The number of hydrogen-bond acceptors (Lipinski definition) is 5. The van der Waals surface area contributed by atoms with Crippen LogP contribution in [-0.2, 0) is 11.0 Å². The van der Waals surface area contributed by atoms with Gasteiger partial charge in [-0.1, -0.05) is 42.2 Å². The molecule has 0 bridgehead atoms. The summed E-state index contributed by atoms with van der Waals surface area (Å²) in [6.07, 6.45) is -0.775. The van der Waals surface area contributed by atoms with E-state index in [1.807, 2.05) is 13.0 Å². The van der Waals surface area contributed by atoms with E-state index >= 15 is 0 Å². The van der Waals surface area contributed by atoms with E-state index < -0.39 is 23.7 Å². The van der Waals surface area contributed by atoms with Gasteiger partial charge in [-0.25, -0.2) is 0 Å². The SMILES string of the molecule is CCCCN(CC(=O)N1CCCCC1c1nc(-c2cccc(Cl)c2)no1)C(=O)c1ccc(C(F)(F)F)cc1. The summed E-state index contributed by atoms with van der Waals surface area (Å²) in [6, 6.07) is 10.7. The zero-order valence-electron chi connectivity index (χ0n) is 20.9. The molecule has 2 amide bonds. The summed E-state index contributed by atoms with van der Waals surface area (Å²) in [5.41, 5.74) is -0.0488. The Morgan fingerprint density at radius 2 is 1.92 bits per heavy atom. The van der Waals surface area contributed by atoms with Gasteiger partial charge < -0.3 is 14.3 Å². The number of aromatic nitrogens is 2. The molecule has 4 rings (SSSR count). The number of unbranched alkanes of at least 4 members (excludes halogenated alkanes) is 1. The van der Waals surface area contributed by atoms with Crippen molar-refractivity contribution in [2.45, 2.75) is 51.2 Å². The molecular weight excluding hydrogens is 521 g/mol. The van der Waals surface area contributed by atoms with Gasteiger partial charge in [0.2, 0.25) is 17.6 Å². The molecule has 0 N–H and O–H groups in total. The quantitative estimate of drug-likeness (QED) is 0.325. The van der Waals surface area contributed by atoms with Crippen LogP contribution in [0.1, 0.15) is 66.9 Å². The van der Waals surface area contributed by atoms with Gasteiger partial charge in [-0.2, -0.15) is 18.2 Å². The maximum absolute atomic E-state index is 13.5. The van der Waals surface area contributed by atoms with Crippen molar-refractivity contribution in [1.29, 1.82) is 0 Å². The zero-order valence-corrected chi connectivity index (χ0v) is 21.6. The van der Waals surface area contributed by atoms with Crippen LogP contribution in [0.5, 0.6) is 0 Å². The van der Waals surface area contributed by atoms with Crippen molar-refractivity contribution in [3.8, 4) is 11.4 Å². The molecule has 0 aliphatic carbocycles. The molecule has 38 heavy (non-hydrogen) atoms. The Morgan fingerprint density at radius 1 is 1.16 bits per heavy atom. The van der Waals surface area contributed by atoms with Crippen molar-refractivity contribution < 1.29 is 27.3 Å². The average Bonchev–Trinajstić information content (AvgIpc) is 3.40. The number of benzene rings is 2. The van der Waals surface area contributed by atoms with E-state index in [1.54, 1.807) is 23.1 Å². The largest absolute Gasteiger partial charge is 0.416 e. The van der Waals surface area contributed by atoms with E-state index in [-0.39, 0.29) is 18.0 Å². The number of rotatable bonds is 8. The highest BCUT2D eigenvalue weighted by Gasteiger charge is 2.34. The van der Waals surface area contributed by atoms with Crippen LogP contribution >= 0.6 is 11.6 Å². The second-order valence-electron chi connectivity index (χ2n) is 9.22. The van der Waals surface area contributed by atoms with Crippen molar-refractivity contribution in [1.82, 2.24) is 19.9 Å². The van der Waals surface area contributed by atoms with Crippen LogP contribution < -0.4 is 0 Å². The zero-order chi connectivity index (χ0) is 27.3. The summed E-state index contributed by atoms with van der Waals surface area (Å²) >= 11 is 6.08. The molecule has 7 nitrogen and oxygen atoms in total. The minimum atomic E-state index is -4.50. The molecule has 1 saturated heterocycles. The highest BCUT2D eigenvalue weighted by atomic mass is 35.5. The van der Waals surface area contributed by atoms with Gasteiger partial charge in [0.1, 0.15) is 12.6 Å². The fourth-order valence-electron chi connectivity index (χ4n) is 4.44. The molecule has 2 aromatic carbocycles. The van der Waals surface area contributed by atoms with Crippen LogP contribution in [-0.4, -0.2) is 51.4 Å². The molecule has 0 spiro atoms. The molecule has 2 heterocycles. The fraction of sp³-hybridized carbons (Fsp3) is 0.407. The van der Waals surface area contributed by atoms with E-state index in [0.717, 1.165) is 43.5 Å². The number of piperidine rings is 1. The molecule has 1 aromatic heterocycles. The topological polar surface area (TPSA) is 79.5 Å². The Hall–Kier alpha value is -3.40. The number of carbonyl (C=O) groups excluding carboxylic acids is 2.